The van der Waals surface area contributed by atoms with Gasteiger partial charge in [0.1, 0.15) is 0 Å². The van der Waals surface area contributed by atoms with Gasteiger partial charge in [-0.3, -0.25) is 9.69 Å². The molecule has 0 spiro atoms. The highest BCUT2D eigenvalue weighted by Gasteiger charge is 2.35. The first-order valence-corrected chi connectivity index (χ1v) is 8.46. The summed E-state index contributed by atoms with van der Waals surface area (Å²) in [6.45, 7) is 5.91. The van der Waals surface area contributed by atoms with Crippen LogP contribution in [0.5, 0.6) is 0 Å². The molecular weight excluding hydrogens is 274 g/mol. The number of hydrogen-bond donors (Lipinski definition) is 1. The quantitative estimate of drug-likeness (QED) is 0.927. The third kappa shape index (κ3) is 3.50. The Kier molecular flexibility index (Phi) is 4.79. The standard InChI is InChI=1S/C18H27N3O/c1-14-12-20(13-15-5-3-2-4-6-15)9-10-21(14)18(22)16-7-8-17(19)11-16/h2-6,14,16-17H,7-13,19H2,1H3/t14-,16-,17-/m1/s1. The Hall–Kier alpha value is -1.39. The van der Waals surface area contributed by atoms with E-state index in [-0.39, 0.29) is 12.0 Å². The van der Waals surface area contributed by atoms with Gasteiger partial charge in [-0.05, 0) is 31.7 Å². The number of benzene rings is 1. The van der Waals surface area contributed by atoms with Crippen LogP contribution in [0, 0.1) is 5.92 Å². The van der Waals surface area contributed by atoms with Crippen LogP contribution in [-0.2, 0) is 11.3 Å². The maximum atomic E-state index is 12.7. The number of nitrogens with two attached hydrogens (primary N) is 1. The fourth-order valence-electron chi connectivity index (χ4n) is 3.82. The Balaban J connectivity index is 1.55. The summed E-state index contributed by atoms with van der Waals surface area (Å²) in [6, 6.07) is 11.1. The highest BCUT2D eigenvalue weighted by atomic mass is 16.2. The number of nitrogens with zero attached hydrogens (tertiary/aromatic N) is 2. The second-order valence-electron chi connectivity index (χ2n) is 6.87. The molecule has 3 rings (SSSR count). The zero-order valence-electron chi connectivity index (χ0n) is 13.4. The number of rotatable bonds is 3. The van der Waals surface area contributed by atoms with E-state index in [1.165, 1.54) is 5.56 Å². The molecule has 1 aromatic rings. The molecule has 0 radical (unpaired) electrons. The lowest BCUT2D eigenvalue weighted by Crippen LogP contribution is -2.54. The van der Waals surface area contributed by atoms with E-state index in [4.69, 9.17) is 5.73 Å². The van der Waals surface area contributed by atoms with Crippen molar-refractivity contribution >= 4 is 5.91 Å². The third-order valence-corrected chi connectivity index (χ3v) is 5.07. The van der Waals surface area contributed by atoms with Crippen molar-refractivity contribution < 1.29 is 4.79 Å². The molecule has 1 saturated heterocycles. The molecule has 1 heterocycles. The van der Waals surface area contributed by atoms with E-state index >= 15 is 0 Å². The maximum Gasteiger partial charge on any atom is 0.226 e. The van der Waals surface area contributed by atoms with Gasteiger partial charge in [0.05, 0.1) is 0 Å². The number of carbonyl (C=O) groups is 1. The van der Waals surface area contributed by atoms with Crippen molar-refractivity contribution in [3.8, 4) is 0 Å². The Labute approximate surface area is 133 Å². The largest absolute Gasteiger partial charge is 0.337 e. The van der Waals surface area contributed by atoms with Crippen LogP contribution in [0.3, 0.4) is 0 Å². The zero-order valence-corrected chi connectivity index (χ0v) is 13.4. The molecule has 1 aromatic carbocycles. The molecule has 1 aliphatic heterocycles. The maximum absolute atomic E-state index is 12.7. The summed E-state index contributed by atoms with van der Waals surface area (Å²) < 4.78 is 0. The number of piperazine rings is 1. The first-order valence-electron chi connectivity index (χ1n) is 8.46. The van der Waals surface area contributed by atoms with Crippen LogP contribution in [-0.4, -0.2) is 47.4 Å². The lowest BCUT2D eigenvalue weighted by molar-refractivity contribution is -0.140. The zero-order chi connectivity index (χ0) is 15.5. The predicted molar refractivity (Wildman–Crippen MR) is 88.2 cm³/mol. The highest BCUT2D eigenvalue weighted by molar-refractivity contribution is 5.79. The van der Waals surface area contributed by atoms with Gasteiger partial charge in [-0.25, -0.2) is 0 Å². The van der Waals surface area contributed by atoms with E-state index in [9.17, 15) is 4.79 Å². The molecule has 0 aromatic heterocycles. The van der Waals surface area contributed by atoms with Crippen molar-refractivity contribution in [2.45, 2.75) is 44.8 Å². The van der Waals surface area contributed by atoms with Gasteiger partial charge in [0.2, 0.25) is 5.91 Å². The molecule has 22 heavy (non-hydrogen) atoms. The van der Waals surface area contributed by atoms with Crippen LogP contribution in [0.2, 0.25) is 0 Å². The van der Waals surface area contributed by atoms with Crippen LogP contribution in [0.1, 0.15) is 31.7 Å². The summed E-state index contributed by atoms with van der Waals surface area (Å²) in [7, 11) is 0. The second kappa shape index (κ2) is 6.80. The van der Waals surface area contributed by atoms with Gasteiger partial charge in [0.25, 0.3) is 0 Å². The van der Waals surface area contributed by atoms with Crippen LogP contribution in [0.4, 0.5) is 0 Å². The van der Waals surface area contributed by atoms with Gasteiger partial charge in [-0.15, -0.1) is 0 Å². The van der Waals surface area contributed by atoms with Crippen molar-refractivity contribution in [1.82, 2.24) is 9.80 Å². The summed E-state index contributed by atoms with van der Waals surface area (Å²) in [5.74, 6) is 0.498. The minimum atomic E-state index is 0.165. The Morgan fingerprint density at radius 3 is 2.64 bits per heavy atom. The molecular formula is C18H27N3O. The average molecular weight is 301 g/mol. The lowest BCUT2D eigenvalue weighted by atomic mass is 10.0. The summed E-state index contributed by atoms with van der Waals surface area (Å²) in [5.41, 5.74) is 7.30. The molecule has 4 heteroatoms. The van der Waals surface area contributed by atoms with E-state index in [1.807, 2.05) is 0 Å². The van der Waals surface area contributed by atoms with E-state index in [0.29, 0.717) is 11.9 Å². The predicted octanol–water partition coefficient (Wildman–Crippen LogP) is 1.85. The van der Waals surface area contributed by atoms with Crippen molar-refractivity contribution in [3.63, 3.8) is 0 Å². The molecule has 2 N–H and O–H groups in total. The summed E-state index contributed by atoms with van der Waals surface area (Å²) in [6.07, 6.45) is 2.84. The molecule has 1 amide bonds. The molecule has 120 valence electrons. The molecule has 2 aliphatic rings. The van der Waals surface area contributed by atoms with Crippen molar-refractivity contribution in [2.75, 3.05) is 19.6 Å². The van der Waals surface area contributed by atoms with Gasteiger partial charge < -0.3 is 10.6 Å². The number of hydrogen-bond acceptors (Lipinski definition) is 3. The topological polar surface area (TPSA) is 49.6 Å². The lowest BCUT2D eigenvalue weighted by Gasteiger charge is -2.41. The minimum Gasteiger partial charge on any atom is -0.337 e. The van der Waals surface area contributed by atoms with Crippen LogP contribution in [0.15, 0.2) is 30.3 Å². The average Bonchev–Trinajstić information content (AvgIpc) is 2.94. The molecule has 4 nitrogen and oxygen atoms in total. The van der Waals surface area contributed by atoms with Crippen molar-refractivity contribution in [3.05, 3.63) is 35.9 Å². The Bertz CT molecular complexity index is 504. The van der Waals surface area contributed by atoms with E-state index in [0.717, 1.165) is 45.4 Å². The minimum absolute atomic E-state index is 0.165. The van der Waals surface area contributed by atoms with Gasteiger partial charge in [0.15, 0.2) is 0 Å². The Morgan fingerprint density at radius 1 is 1.23 bits per heavy atom. The fraction of sp³-hybridized carbons (Fsp3) is 0.611. The van der Waals surface area contributed by atoms with Crippen LogP contribution < -0.4 is 5.73 Å². The number of amides is 1. The summed E-state index contributed by atoms with van der Waals surface area (Å²) in [5, 5.41) is 0. The fourth-order valence-corrected chi connectivity index (χ4v) is 3.82. The van der Waals surface area contributed by atoms with E-state index < -0.39 is 0 Å². The molecule has 2 fully saturated rings. The monoisotopic (exact) mass is 301 g/mol. The summed E-state index contributed by atoms with van der Waals surface area (Å²) in [4.78, 5) is 17.2. The first-order chi connectivity index (χ1) is 10.6. The van der Waals surface area contributed by atoms with Crippen LogP contribution in [0.25, 0.3) is 0 Å². The van der Waals surface area contributed by atoms with E-state index in [2.05, 4.69) is 47.1 Å². The van der Waals surface area contributed by atoms with Gasteiger partial charge in [-0.1, -0.05) is 30.3 Å². The highest BCUT2D eigenvalue weighted by Crippen LogP contribution is 2.27. The first kappa shape index (κ1) is 15.5. The van der Waals surface area contributed by atoms with Crippen LogP contribution >= 0.6 is 0 Å². The smallest absolute Gasteiger partial charge is 0.226 e. The molecule has 3 atom stereocenters. The Morgan fingerprint density at radius 2 is 2.00 bits per heavy atom. The molecule has 0 unspecified atom stereocenters. The number of carbonyl (C=O) groups excluding carboxylic acids is 1. The molecule has 1 saturated carbocycles. The van der Waals surface area contributed by atoms with Gasteiger partial charge in [-0.2, -0.15) is 0 Å². The van der Waals surface area contributed by atoms with Gasteiger partial charge >= 0.3 is 0 Å². The summed E-state index contributed by atoms with van der Waals surface area (Å²) >= 11 is 0. The van der Waals surface area contributed by atoms with Gasteiger partial charge in [0, 0.05) is 44.2 Å². The van der Waals surface area contributed by atoms with E-state index in [1.54, 1.807) is 0 Å². The van der Waals surface area contributed by atoms with Crippen molar-refractivity contribution in [1.29, 1.82) is 0 Å². The molecule has 1 aliphatic carbocycles. The van der Waals surface area contributed by atoms with Crippen molar-refractivity contribution in [2.24, 2.45) is 11.7 Å². The SMILES string of the molecule is C[C@@H]1CN(Cc2ccccc2)CCN1C(=O)[C@@H]1CC[C@@H](N)C1. The molecule has 0 bridgehead atoms. The normalized spacial score (nSPS) is 29.7. The third-order valence-electron chi connectivity index (χ3n) is 5.07. The second-order valence-corrected chi connectivity index (χ2v) is 6.87.